The van der Waals surface area contributed by atoms with Crippen molar-refractivity contribution >= 4 is 44.7 Å². The zero-order valence-corrected chi connectivity index (χ0v) is 21.6. The summed E-state index contributed by atoms with van der Waals surface area (Å²) in [5, 5.41) is 7.80. The van der Waals surface area contributed by atoms with Crippen molar-refractivity contribution in [1.29, 1.82) is 0 Å². The molecule has 0 aliphatic heterocycles. The molecule has 0 aliphatic carbocycles. The Hall–Kier alpha value is -3.62. The number of aromatic nitrogens is 1. The van der Waals surface area contributed by atoms with E-state index in [9.17, 15) is 0 Å². The molecule has 1 heterocycles. The van der Waals surface area contributed by atoms with Crippen molar-refractivity contribution in [3.05, 3.63) is 124 Å². The number of hydrogen-bond donors (Lipinski definition) is 1. The van der Waals surface area contributed by atoms with Crippen LogP contribution in [-0.4, -0.2) is 4.98 Å². The molecule has 0 aliphatic rings. The molecule has 1 aromatic heterocycles. The lowest BCUT2D eigenvalue weighted by molar-refractivity contribution is 1.20. The highest BCUT2D eigenvalue weighted by atomic mass is 35.5. The monoisotopic (exact) mass is 478 g/mol. The molecule has 0 spiro atoms. The van der Waals surface area contributed by atoms with Gasteiger partial charge in [-0.15, -0.1) is 0 Å². The van der Waals surface area contributed by atoms with Crippen molar-refractivity contribution in [3.63, 3.8) is 0 Å². The minimum absolute atomic E-state index is 0.719. The third-order valence-corrected chi connectivity index (χ3v) is 6.52. The second kappa shape index (κ2) is 10.8. The smallest absolute Gasteiger partial charge is 0.0707 e. The quantitative estimate of drug-likeness (QED) is 0.272. The maximum absolute atomic E-state index is 6.02. The average Bonchev–Trinajstić information content (AvgIpc) is 2.87. The van der Waals surface area contributed by atoms with Crippen molar-refractivity contribution in [3.8, 4) is 0 Å². The Balaban J connectivity index is 0.00000141. The summed E-state index contributed by atoms with van der Waals surface area (Å²) in [6, 6.07) is 27.3. The molecule has 0 unspecified atom stereocenters. The molecule has 5 aromatic rings. The molecule has 2 nitrogen and oxygen atoms in total. The lowest BCUT2D eigenvalue weighted by Crippen LogP contribution is -1.98. The van der Waals surface area contributed by atoms with Crippen LogP contribution in [0.5, 0.6) is 0 Å². The molecule has 0 atom stereocenters. The fourth-order valence-electron chi connectivity index (χ4n) is 4.27. The van der Waals surface area contributed by atoms with E-state index in [4.69, 9.17) is 11.6 Å². The number of halogens is 1. The standard InChI is InChI=1S/C30H25ClN2.C2H6/c1-19-15-28-25(13-14-32-30(28)16-20(19)2)18-22-7-12-27-24(17-22)5-4-6-29(27)33-21(3)23-8-10-26(31)11-9-23;1-2/h4-17,33H,3,18H2,1-2H3;1-2H3. The van der Waals surface area contributed by atoms with Gasteiger partial charge in [0.2, 0.25) is 0 Å². The summed E-state index contributed by atoms with van der Waals surface area (Å²) in [5.74, 6) is 0. The molecular weight excluding hydrogens is 448 g/mol. The minimum atomic E-state index is 0.719. The van der Waals surface area contributed by atoms with Gasteiger partial charge < -0.3 is 5.32 Å². The molecule has 0 amide bonds. The van der Waals surface area contributed by atoms with Crippen LogP contribution in [0.1, 0.15) is 41.7 Å². The first-order chi connectivity index (χ1) is 17.0. The van der Waals surface area contributed by atoms with Crippen molar-refractivity contribution in [2.75, 3.05) is 5.32 Å². The number of hydrogen-bond acceptors (Lipinski definition) is 2. The van der Waals surface area contributed by atoms with E-state index >= 15 is 0 Å². The van der Waals surface area contributed by atoms with Crippen LogP contribution in [0.25, 0.3) is 27.4 Å². The maximum atomic E-state index is 6.02. The highest BCUT2D eigenvalue weighted by Crippen LogP contribution is 2.29. The third kappa shape index (κ3) is 5.39. The topological polar surface area (TPSA) is 24.9 Å². The van der Waals surface area contributed by atoms with Crippen LogP contribution in [-0.2, 0) is 6.42 Å². The van der Waals surface area contributed by atoms with Gasteiger partial charge in [0, 0.05) is 33.4 Å². The van der Waals surface area contributed by atoms with E-state index in [1.54, 1.807) is 0 Å². The van der Waals surface area contributed by atoms with Crippen molar-refractivity contribution in [2.45, 2.75) is 34.1 Å². The molecule has 5 rings (SSSR count). The molecule has 1 N–H and O–H groups in total. The number of nitrogens with zero attached hydrogens (tertiary/aromatic N) is 1. The Bertz CT molecular complexity index is 1500. The second-order valence-electron chi connectivity index (χ2n) is 8.57. The number of pyridine rings is 1. The number of fused-ring (bicyclic) bond motifs is 2. The molecule has 3 heteroatoms. The molecule has 176 valence electrons. The number of anilines is 1. The van der Waals surface area contributed by atoms with E-state index in [1.807, 2.05) is 44.3 Å². The zero-order valence-electron chi connectivity index (χ0n) is 20.8. The fourth-order valence-corrected chi connectivity index (χ4v) is 4.40. The van der Waals surface area contributed by atoms with Gasteiger partial charge in [0.15, 0.2) is 0 Å². The number of rotatable bonds is 5. The number of benzene rings is 4. The van der Waals surface area contributed by atoms with Gasteiger partial charge in [0.25, 0.3) is 0 Å². The van der Waals surface area contributed by atoms with Gasteiger partial charge in [-0.05, 0) is 89.9 Å². The van der Waals surface area contributed by atoms with E-state index < -0.39 is 0 Å². The van der Waals surface area contributed by atoms with Crippen molar-refractivity contribution in [2.24, 2.45) is 0 Å². The molecule has 0 bridgehead atoms. The molecule has 4 aromatic carbocycles. The van der Waals surface area contributed by atoms with Gasteiger partial charge >= 0.3 is 0 Å². The highest BCUT2D eigenvalue weighted by molar-refractivity contribution is 6.30. The minimum Gasteiger partial charge on any atom is -0.355 e. The van der Waals surface area contributed by atoms with E-state index in [-0.39, 0.29) is 0 Å². The highest BCUT2D eigenvalue weighted by Gasteiger charge is 2.08. The van der Waals surface area contributed by atoms with E-state index in [1.165, 1.54) is 38.4 Å². The van der Waals surface area contributed by atoms with Crippen LogP contribution in [0.2, 0.25) is 5.02 Å². The predicted octanol–water partition coefficient (Wildman–Crippen LogP) is 9.36. The molecule has 0 radical (unpaired) electrons. The summed E-state index contributed by atoms with van der Waals surface area (Å²) in [7, 11) is 0. The normalized spacial score (nSPS) is 10.7. The largest absolute Gasteiger partial charge is 0.355 e. The molecule has 0 saturated carbocycles. The van der Waals surface area contributed by atoms with Gasteiger partial charge in [-0.25, -0.2) is 0 Å². The van der Waals surface area contributed by atoms with Gasteiger partial charge in [-0.1, -0.05) is 74.5 Å². The van der Waals surface area contributed by atoms with Crippen molar-refractivity contribution in [1.82, 2.24) is 4.98 Å². The SMILES string of the molecule is C=C(Nc1cccc2cc(Cc3ccnc4cc(C)c(C)cc34)ccc12)c1ccc(Cl)cc1.CC. The van der Waals surface area contributed by atoms with Gasteiger partial charge in [-0.3, -0.25) is 4.98 Å². The fraction of sp³-hybridized carbons (Fsp3) is 0.156. The molecular formula is C32H31ClN2. The zero-order chi connectivity index (χ0) is 24.9. The summed E-state index contributed by atoms with van der Waals surface area (Å²) in [5.41, 5.74) is 9.11. The summed E-state index contributed by atoms with van der Waals surface area (Å²) in [6.07, 6.45) is 2.78. The lowest BCUT2D eigenvalue weighted by atomic mass is 9.96. The Morgan fingerprint density at radius 3 is 2.37 bits per heavy atom. The molecule has 0 fully saturated rings. The van der Waals surface area contributed by atoms with Crippen LogP contribution in [0.4, 0.5) is 5.69 Å². The first kappa shape index (κ1) is 24.5. The summed E-state index contributed by atoms with van der Waals surface area (Å²) >= 11 is 6.02. The average molecular weight is 479 g/mol. The third-order valence-electron chi connectivity index (χ3n) is 6.26. The van der Waals surface area contributed by atoms with Gasteiger partial charge in [0.05, 0.1) is 5.52 Å². The first-order valence-electron chi connectivity index (χ1n) is 12.1. The van der Waals surface area contributed by atoms with Gasteiger partial charge in [-0.2, -0.15) is 0 Å². The second-order valence-corrected chi connectivity index (χ2v) is 9.01. The molecule has 0 saturated heterocycles. The predicted molar refractivity (Wildman–Crippen MR) is 153 cm³/mol. The lowest BCUT2D eigenvalue weighted by Gasteiger charge is -2.14. The number of aryl methyl sites for hydroxylation is 2. The van der Waals surface area contributed by atoms with E-state index in [2.05, 4.69) is 85.3 Å². The van der Waals surface area contributed by atoms with E-state index in [0.717, 1.165) is 33.9 Å². The van der Waals surface area contributed by atoms with Crippen LogP contribution in [0.3, 0.4) is 0 Å². The molecule has 35 heavy (non-hydrogen) atoms. The summed E-state index contributed by atoms with van der Waals surface area (Å²) in [4.78, 5) is 4.58. The maximum Gasteiger partial charge on any atom is 0.0707 e. The Morgan fingerprint density at radius 2 is 1.60 bits per heavy atom. The van der Waals surface area contributed by atoms with Crippen LogP contribution < -0.4 is 5.32 Å². The van der Waals surface area contributed by atoms with Crippen LogP contribution in [0.15, 0.2) is 91.6 Å². The van der Waals surface area contributed by atoms with Gasteiger partial charge in [0.1, 0.15) is 0 Å². The Labute approximate surface area is 213 Å². The number of nitrogens with one attached hydrogen (secondary N) is 1. The summed E-state index contributed by atoms with van der Waals surface area (Å²) in [6.45, 7) is 12.5. The first-order valence-corrected chi connectivity index (χ1v) is 12.4. The summed E-state index contributed by atoms with van der Waals surface area (Å²) < 4.78 is 0. The Morgan fingerprint density at radius 1 is 0.857 bits per heavy atom. The van der Waals surface area contributed by atoms with Crippen LogP contribution in [0, 0.1) is 13.8 Å². The van der Waals surface area contributed by atoms with Crippen LogP contribution >= 0.6 is 11.6 Å². The Kier molecular flexibility index (Phi) is 7.53. The van der Waals surface area contributed by atoms with Crippen molar-refractivity contribution < 1.29 is 0 Å². The van der Waals surface area contributed by atoms with E-state index in [0.29, 0.717) is 0 Å².